The third-order valence-corrected chi connectivity index (χ3v) is 3.47. The van der Waals surface area contributed by atoms with Crippen LogP contribution in [-0.4, -0.2) is 28.5 Å². The zero-order chi connectivity index (χ0) is 10.7. The molecule has 15 heavy (non-hydrogen) atoms. The Labute approximate surface area is 96.0 Å². The number of nitrogens with zero attached hydrogens (tertiary/aromatic N) is 1. The minimum absolute atomic E-state index is 0.332. The second kappa shape index (κ2) is 4.33. The van der Waals surface area contributed by atoms with E-state index < -0.39 is 0 Å². The van der Waals surface area contributed by atoms with Crippen LogP contribution < -0.4 is 11.1 Å². The number of hydrogen-bond acceptors (Lipinski definition) is 3. The second-order valence-corrected chi connectivity index (χ2v) is 4.51. The number of rotatable bonds is 2. The van der Waals surface area contributed by atoms with Gasteiger partial charge in [0.15, 0.2) is 0 Å². The van der Waals surface area contributed by atoms with Crippen molar-refractivity contribution in [2.24, 2.45) is 5.73 Å². The Kier molecular flexibility index (Phi) is 3.07. The first kappa shape index (κ1) is 10.6. The number of dihydropyridines is 1. The summed E-state index contributed by atoms with van der Waals surface area (Å²) in [6, 6.07) is 0. The summed E-state index contributed by atoms with van der Waals surface area (Å²) < 4.78 is 0. The van der Waals surface area contributed by atoms with Gasteiger partial charge in [-0.2, -0.15) is 0 Å². The molecule has 0 aromatic rings. The molecule has 1 saturated heterocycles. The SMILES string of the molecule is NC(=S)C1(N2CCCCC2)C=CNC=C1. The van der Waals surface area contributed by atoms with E-state index in [-0.39, 0.29) is 5.54 Å². The summed E-state index contributed by atoms with van der Waals surface area (Å²) in [5.74, 6) is 0. The predicted molar refractivity (Wildman–Crippen MR) is 66.4 cm³/mol. The van der Waals surface area contributed by atoms with Gasteiger partial charge in [-0.25, -0.2) is 0 Å². The van der Waals surface area contributed by atoms with Gasteiger partial charge in [0.05, 0.1) is 0 Å². The summed E-state index contributed by atoms with van der Waals surface area (Å²) in [7, 11) is 0. The van der Waals surface area contributed by atoms with Crippen LogP contribution in [0.1, 0.15) is 19.3 Å². The Hall–Kier alpha value is -0.870. The van der Waals surface area contributed by atoms with E-state index >= 15 is 0 Å². The summed E-state index contributed by atoms with van der Waals surface area (Å²) in [6.45, 7) is 2.15. The minimum atomic E-state index is -0.332. The molecule has 4 heteroatoms. The summed E-state index contributed by atoms with van der Waals surface area (Å²) >= 11 is 5.21. The molecule has 0 aromatic carbocycles. The van der Waals surface area contributed by atoms with E-state index in [9.17, 15) is 0 Å². The molecule has 0 aliphatic carbocycles. The average molecular weight is 223 g/mol. The lowest BCUT2D eigenvalue weighted by molar-refractivity contribution is 0.183. The van der Waals surface area contributed by atoms with Crippen molar-refractivity contribution in [3.05, 3.63) is 24.6 Å². The molecule has 0 amide bonds. The number of hydrogen-bond donors (Lipinski definition) is 2. The molecular weight excluding hydrogens is 206 g/mol. The molecule has 82 valence electrons. The van der Waals surface area contributed by atoms with Gasteiger partial charge in [0.2, 0.25) is 0 Å². The Morgan fingerprint density at radius 3 is 2.33 bits per heavy atom. The van der Waals surface area contributed by atoms with Crippen molar-refractivity contribution in [2.75, 3.05) is 13.1 Å². The van der Waals surface area contributed by atoms with E-state index in [4.69, 9.17) is 18.0 Å². The monoisotopic (exact) mass is 223 g/mol. The van der Waals surface area contributed by atoms with Crippen molar-refractivity contribution >= 4 is 17.2 Å². The van der Waals surface area contributed by atoms with Crippen molar-refractivity contribution < 1.29 is 0 Å². The molecule has 0 aromatic heterocycles. The highest BCUT2D eigenvalue weighted by molar-refractivity contribution is 7.80. The van der Waals surface area contributed by atoms with Gasteiger partial charge >= 0.3 is 0 Å². The van der Waals surface area contributed by atoms with Crippen LogP contribution in [0.3, 0.4) is 0 Å². The smallest absolute Gasteiger partial charge is 0.112 e. The second-order valence-electron chi connectivity index (χ2n) is 4.07. The number of thiocarbonyl (C=S) groups is 1. The molecule has 0 saturated carbocycles. The number of nitrogens with two attached hydrogens (primary N) is 1. The van der Waals surface area contributed by atoms with Crippen LogP contribution >= 0.6 is 12.2 Å². The Morgan fingerprint density at radius 1 is 1.20 bits per heavy atom. The van der Waals surface area contributed by atoms with Crippen LogP contribution in [0, 0.1) is 0 Å². The zero-order valence-electron chi connectivity index (χ0n) is 8.78. The summed E-state index contributed by atoms with van der Waals surface area (Å²) in [4.78, 5) is 2.91. The Bertz CT molecular complexity index is 291. The lowest BCUT2D eigenvalue weighted by Crippen LogP contribution is -2.56. The van der Waals surface area contributed by atoms with Gasteiger partial charge in [-0.1, -0.05) is 18.6 Å². The number of likely N-dealkylation sites (tertiary alicyclic amines) is 1. The van der Waals surface area contributed by atoms with Crippen molar-refractivity contribution in [2.45, 2.75) is 24.8 Å². The Morgan fingerprint density at radius 2 is 1.80 bits per heavy atom. The van der Waals surface area contributed by atoms with Crippen LogP contribution in [0.2, 0.25) is 0 Å². The molecule has 2 aliphatic heterocycles. The van der Waals surface area contributed by atoms with Crippen molar-refractivity contribution in [1.29, 1.82) is 0 Å². The van der Waals surface area contributed by atoms with Gasteiger partial charge in [-0.15, -0.1) is 0 Å². The van der Waals surface area contributed by atoms with Crippen LogP contribution in [0.5, 0.6) is 0 Å². The Balaban J connectivity index is 2.24. The molecule has 3 N–H and O–H groups in total. The molecule has 0 atom stereocenters. The van der Waals surface area contributed by atoms with Gasteiger partial charge in [-0.3, -0.25) is 4.90 Å². The summed E-state index contributed by atoms with van der Waals surface area (Å²) in [6.07, 6.45) is 11.7. The van der Waals surface area contributed by atoms with Gasteiger partial charge in [0.1, 0.15) is 10.5 Å². The first-order valence-corrected chi connectivity index (χ1v) is 5.83. The summed E-state index contributed by atoms with van der Waals surface area (Å²) in [5.41, 5.74) is 5.56. The highest BCUT2D eigenvalue weighted by atomic mass is 32.1. The standard InChI is InChI=1S/C11H17N3S/c12-10(15)11(4-6-13-7-5-11)14-8-2-1-3-9-14/h4-7,13H,1-3,8-9H2,(H2,12,15). The third-order valence-electron chi connectivity index (χ3n) is 3.14. The normalized spacial score (nSPS) is 24.8. The van der Waals surface area contributed by atoms with Crippen LogP contribution in [0.4, 0.5) is 0 Å². The lowest BCUT2D eigenvalue weighted by atomic mass is 9.92. The zero-order valence-corrected chi connectivity index (χ0v) is 9.59. The van der Waals surface area contributed by atoms with E-state index in [1.807, 2.05) is 12.4 Å². The number of nitrogens with one attached hydrogen (secondary N) is 1. The molecule has 3 nitrogen and oxygen atoms in total. The maximum absolute atomic E-state index is 5.89. The first-order chi connectivity index (χ1) is 7.26. The molecule has 2 rings (SSSR count). The molecule has 0 bridgehead atoms. The van der Waals surface area contributed by atoms with E-state index in [0.29, 0.717) is 4.99 Å². The first-order valence-electron chi connectivity index (χ1n) is 5.42. The van der Waals surface area contributed by atoms with Crippen molar-refractivity contribution in [3.63, 3.8) is 0 Å². The van der Waals surface area contributed by atoms with Crippen molar-refractivity contribution in [3.8, 4) is 0 Å². The van der Waals surface area contributed by atoms with E-state index in [2.05, 4.69) is 22.4 Å². The van der Waals surface area contributed by atoms with E-state index in [1.165, 1.54) is 19.3 Å². The average Bonchev–Trinajstić information content (AvgIpc) is 2.31. The fourth-order valence-electron chi connectivity index (χ4n) is 2.26. The van der Waals surface area contributed by atoms with Gasteiger partial charge < -0.3 is 11.1 Å². The van der Waals surface area contributed by atoms with Gasteiger partial charge in [0.25, 0.3) is 0 Å². The van der Waals surface area contributed by atoms with Gasteiger partial charge in [-0.05, 0) is 50.5 Å². The largest absolute Gasteiger partial charge is 0.391 e. The highest BCUT2D eigenvalue weighted by Crippen LogP contribution is 2.25. The van der Waals surface area contributed by atoms with E-state index in [1.54, 1.807) is 0 Å². The molecule has 1 fully saturated rings. The van der Waals surface area contributed by atoms with Crippen LogP contribution in [0.15, 0.2) is 24.6 Å². The topological polar surface area (TPSA) is 41.3 Å². The fraction of sp³-hybridized carbons (Fsp3) is 0.545. The van der Waals surface area contributed by atoms with Crippen molar-refractivity contribution in [1.82, 2.24) is 10.2 Å². The fourth-order valence-corrected chi connectivity index (χ4v) is 2.52. The molecule has 2 aliphatic rings. The molecule has 0 unspecified atom stereocenters. The lowest BCUT2D eigenvalue weighted by Gasteiger charge is -2.42. The maximum atomic E-state index is 5.89. The van der Waals surface area contributed by atoms with Gasteiger partial charge in [0, 0.05) is 0 Å². The van der Waals surface area contributed by atoms with Crippen LogP contribution in [0.25, 0.3) is 0 Å². The van der Waals surface area contributed by atoms with E-state index in [0.717, 1.165) is 13.1 Å². The molecule has 0 radical (unpaired) electrons. The van der Waals surface area contributed by atoms with Crippen LogP contribution in [-0.2, 0) is 0 Å². The maximum Gasteiger partial charge on any atom is 0.112 e. The highest BCUT2D eigenvalue weighted by Gasteiger charge is 2.36. The quantitative estimate of drug-likeness (QED) is 0.689. The minimum Gasteiger partial charge on any atom is -0.391 e. The molecular formula is C11H17N3S. The molecule has 2 heterocycles. The molecule has 0 spiro atoms. The third kappa shape index (κ3) is 1.92. The predicted octanol–water partition coefficient (Wildman–Crippen LogP) is 1.13. The summed E-state index contributed by atoms with van der Waals surface area (Å²) in [5, 5.41) is 3.03. The number of piperidine rings is 1.